The van der Waals surface area contributed by atoms with Crippen molar-refractivity contribution in [3.05, 3.63) is 58.2 Å². The molecule has 2 aromatic carbocycles. The van der Waals surface area contributed by atoms with Crippen LogP contribution in [0.25, 0.3) is 0 Å². The van der Waals surface area contributed by atoms with Gasteiger partial charge >= 0.3 is 0 Å². The number of rotatable bonds is 2. The first kappa shape index (κ1) is 16.2. The average Bonchev–Trinajstić information content (AvgIpc) is 2.96. The number of benzene rings is 2. The molecule has 126 valence electrons. The summed E-state index contributed by atoms with van der Waals surface area (Å²) in [5.74, 6) is -2.16. The van der Waals surface area contributed by atoms with Crippen LogP contribution in [0.2, 0.25) is 0 Å². The predicted molar refractivity (Wildman–Crippen MR) is 83.8 cm³/mol. The first-order chi connectivity index (χ1) is 11.3. The van der Waals surface area contributed by atoms with E-state index < -0.39 is 17.5 Å². The van der Waals surface area contributed by atoms with E-state index in [0.717, 1.165) is 18.2 Å². The lowest BCUT2D eigenvalue weighted by atomic mass is 9.98. The normalized spacial score (nSPS) is 13.5. The summed E-state index contributed by atoms with van der Waals surface area (Å²) >= 11 is 0. The number of halogens is 2. The molecule has 0 aliphatic carbocycles. The van der Waals surface area contributed by atoms with Crippen molar-refractivity contribution in [1.82, 2.24) is 4.90 Å². The number of fused-ring (bicyclic) bond motifs is 1. The van der Waals surface area contributed by atoms with E-state index in [1.807, 2.05) is 13.8 Å². The maximum atomic E-state index is 13.8. The van der Waals surface area contributed by atoms with Crippen molar-refractivity contribution >= 4 is 5.91 Å². The Morgan fingerprint density at radius 1 is 1.04 bits per heavy atom. The summed E-state index contributed by atoms with van der Waals surface area (Å²) in [6, 6.07) is 4.62. The number of hydrogen-bond acceptors (Lipinski definition) is 3. The Balaban J connectivity index is 1.96. The number of amides is 1. The fraction of sp³-hybridized carbons (Fsp3) is 0.278. The second-order valence-corrected chi connectivity index (χ2v) is 6.23. The molecule has 0 fully saturated rings. The minimum atomic E-state index is -0.556. The Labute approximate surface area is 138 Å². The fourth-order valence-corrected chi connectivity index (χ4v) is 2.96. The van der Waals surface area contributed by atoms with Crippen molar-refractivity contribution in [1.29, 1.82) is 0 Å². The second kappa shape index (κ2) is 5.78. The van der Waals surface area contributed by atoms with Crippen molar-refractivity contribution in [2.45, 2.75) is 32.9 Å². The molecule has 2 aromatic rings. The van der Waals surface area contributed by atoms with Crippen molar-refractivity contribution < 1.29 is 23.8 Å². The van der Waals surface area contributed by atoms with Crippen molar-refractivity contribution in [3.63, 3.8) is 0 Å². The van der Waals surface area contributed by atoms with E-state index in [0.29, 0.717) is 5.56 Å². The van der Waals surface area contributed by atoms with E-state index in [1.165, 1.54) is 11.0 Å². The molecule has 1 aliphatic heterocycles. The molecule has 2 N–H and O–H groups in total. The van der Waals surface area contributed by atoms with Crippen LogP contribution in [-0.4, -0.2) is 21.0 Å². The molecule has 0 saturated carbocycles. The molecule has 0 saturated heterocycles. The summed E-state index contributed by atoms with van der Waals surface area (Å²) in [6.07, 6.45) is 0. The Bertz CT molecular complexity index is 802. The highest BCUT2D eigenvalue weighted by molar-refractivity contribution is 5.97. The number of aromatic hydroxyl groups is 2. The minimum absolute atomic E-state index is 0.00474. The highest BCUT2D eigenvalue weighted by atomic mass is 19.1. The number of hydrogen-bond donors (Lipinski definition) is 2. The van der Waals surface area contributed by atoms with Crippen molar-refractivity contribution in [2.24, 2.45) is 0 Å². The molecule has 0 aromatic heterocycles. The molecule has 0 atom stereocenters. The highest BCUT2D eigenvalue weighted by Gasteiger charge is 2.30. The van der Waals surface area contributed by atoms with E-state index in [1.54, 1.807) is 0 Å². The summed E-state index contributed by atoms with van der Waals surface area (Å²) < 4.78 is 27.7. The topological polar surface area (TPSA) is 60.8 Å². The largest absolute Gasteiger partial charge is 0.508 e. The smallest absolute Gasteiger partial charge is 0.258 e. The Kier molecular flexibility index (Phi) is 3.91. The maximum Gasteiger partial charge on any atom is 0.258 e. The maximum absolute atomic E-state index is 13.8. The van der Waals surface area contributed by atoms with Crippen LogP contribution in [-0.2, 0) is 13.1 Å². The van der Waals surface area contributed by atoms with Gasteiger partial charge in [0.15, 0.2) is 0 Å². The molecule has 1 amide bonds. The molecule has 3 rings (SSSR count). The first-order valence-electron chi connectivity index (χ1n) is 7.60. The molecule has 6 heteroatoms. The van der Waals surface area contributed by atoms with Gasteiger partial charge in [0.25, 0.3) is 5.91 Å². The van der Waals surface area contributed by atoms with Gasteiger partial charge in [-0.15, -0.1) is 0 Å². The van der Waals surface area contributed by atoms with Gasteiger partial charge in [0.1, 0.15) is 23.1 Å². The third-order valence-corrected chi connectivity index (χ3v) is 4.30. The van der Waals surface area contributed by atoms with Crippen LogP contribution < -0.4 is 0 Å². The summed E-state index contributed by atoms with van der Waals surface area (Å²) in [5, 5.41) is 19.9. The number of carbonyl (C=O) groups is 1. The lowest BCUT2D eigenvalue weighted by Crippen LogP contribution is -2.25. The molecule has 4 nitrogen and oxygen atoms in total. The van der Waals surface area contributed by atoms with E-state index in [9.17, 15) is 23.8 Å². The molecular formula is C18H17F2NO3. The number of phenols is 2. The van der Waals surface area contributed by atoms with Gasteiger partial charge in [-0.2, -0.15) is 0 Å². The zero-order valence-electron chi connectivity index (χ0n) is 13.3. The summed E-state index contributed by atoms with van der Waals surface area (Å²) in [7, 11) is 0. The van der Waals surface area contributed by atoms with E-state index in [2.05, 4.69) is 0 Å². The van der Waals surface area contributed by atoms with Crippen LogP contribution >= 0.6 is 0 Å². The SMILES string of the molecule is CC(C)c1cc(C(=O)N2Cc3c(F)ccc(F)c3C2)c(O)cc1O. The molecule has 1 heterocycles. The highest BCUT2D eigenvalue weighted by Crippen LogP contribution is 2.35. The summed E-state index contributed by atoms with van der Waals surface area (Å²) in [6.45, 7) is 3.57. The lowest BCUT2D eigenvalue weighted by molar-refractivity contribution is 0.0747. The zero-order chi connectivity index (χ0) is 17.6. The average molecular weight is 333 g/mol. The molecule has 0 bridgehead atoms. The van der Waals surface area contributed by atoms with Crippen molar-refractivity contribution in [2.75, 3.05) is 0 Å². The first-order valence-corrected chi connectivity index (χ1v) is 7.60. The summed E-state index contributed by atoms with van der Waals surface area (Å²) in [5.41, 5.74) is 0.840. The molecular weight excluding hydrogens is 316 g/mol. The number of nitrogens with zero attached hydrogens (tertiary/aromatic N) is 1. The van der Waals surface area contributed by atoms with Crippen LogP contribution in [0.3, 0.4) is 0 Å². The number of phenolic OH excluding ortho intramolecular Hbond substituents is 2. The van der Waals surface area contributed by atoms with Gasteiger partial charge in [0.2, 0.25) is 0 Å². The summed E-state index contributed by atoms with van der Waals surface area (Å²) in [4.78, 5) is 14.0. The zero-order valence-corrected chi connectivity index (χ0v) is 13.3. The number of carbonyl (C=O) groups excluding carboxylic acids is 1. The fourth-order valence-electron chi connectivity index (χ4n) is 2.96. The van der Waals surface area contributed by atoms with Crippen LogP contribution in [0, 0.1) is 11.6 Å². The second-order valence-electron chi connectivity index (χ2n) is 6.23. The van der Waals surface area contributed by atoms with Gasteiger partial charge < -0.3 is 15.1 Å². The monoisotopic (exact) mass is 333 g/mol. The Morgan fingerprint density at radius 2 is 1.58 bits per heavy atom. The van der Waals surface area contributed by atoms with Gasteiger partial charge in [-0.1, -0.05) is 13.8 Å². The van der Waals surface area contributed by atoms with Gasteiger partial charge in [-0.3, -0.25) is 4.79 Å². The Hall–Kier alpha value is -2.63. The van der Waals surface area contributed by atoms with Crippen molar-refractivity contribution in [3.8, 4) is 11.5 Å². The van der Waals surface area contributed by atoms with Gasteiger partial charge in [0.05, 0.1) is 5.56 Å². The minimum Gasteiger partial charge on any atom is -0.508 e. The molecule has 0 spiro atoms. The molecule has 24 heavy (non-hydrogen) atoms. The van der Waals surface area contributed by atoms with Crippen LogP contribution in [0.1, 0.15) is 46.8 Å². The van der Waals surface area contributed by atoms with E-state index in [-0.39, 0.29) is 47.2 Å². The van der Waals surface area contributed by atoms with E-state index >= 15 is 0 Å². The Morgan fingerprint density at radius 3 is 2.08 bits per heavy atom. The third-order valence-electron chi connectivity index (χ3n) is 4.30. The van der Waals surface area contributed by atoms with Gasteiger partial charge in [-0.05, 0) is 29.7 Å². The van der Waals surface area contributed by atoms with Crippen LogP contribution in [0.15, 0.2) is 24.3 Å². The standard InChI is InChI=1S/C18H17F2NO3/c1-9(2)10-5-11(17(23)6-16(10)22)18(24)21-7-12-13(8-21)15(20)4-3-14(12)19/h3-6,9,22-23H,7-8H2,1-2H3. The van der Waals surface area contributed by atoms with Crippen LogP contribution in [0.4, 0.5) is 8.78 Å². The van der Waals surface area contributed by atoms with Gasteiger partial charge in [-0.25, -0.2) is 8.78 Å². The molecule has 0 unspecified atom stereocenters. The predicted octanol–water partition coefficient (Wildman–Crippen LogP) is 3.66. The molecule has 1 aliphatic rings. The lowest BCUT2D eigenvalue weighted by Gasteiger charge is -2.18. The van der Waals surface area contributed by atoms with Gasteiger partial charge in [0, 0.05) is 30.3 Å². The molecule has 0 radical (unpaired) electrons. The quantitative estimate of drug-likeness (QED) is 0.882. The van der Waals surface area contributed by atoms with Crippen LogP contribution in [0.5, 0.6) is 11.5 Å². The third kappa shape index (κ3) is 2.58. The van der Waals surface area contributed by atoms with E-state index in [4.69, 9.17) is 0 Å².